The first-order chi connectivity index (χ1) is 20.9. The summed E-state index contributed by atoms with van der Waals surface area (Å²) in [6.07, 6.45) is 4.02. The third-order valence-electron chi connectivity index (χ3n) is 7.71. The van der Waals surface area contributed by atoms with Gasteiger partial charge in [0.25, 0.3) is 5.91 Å². The highest BCUT2D eigenvalue weighted by atomic mass is 19.1. The van der Waals surface area contributed by atoms with Gasteiger partial charge in [-0.2, -0.15) is 0 Å². The van der Waals surface area contributed by atoms with Crippen LogP contribution in [0.2, 0.25) is 0 Å². The van der Waals surface area contributed by atoms with E-state index < -0.39 is 11.5 Å². The van der Waals surface area contributed by atoms with Gasteiger partial charge in [0.2, 0.25) is 11.7 Å². The van der Waals surface area contributed by atoms with E-state index in [-0.39, 0.29) is 48.5 Å². The number of amides is 2. The zero-order valence-electron chi connectivity index (χ0n) is 23.9. The fraction of sp³-hybridized carbons (Fsp3) is 0.312. The maximum absolute atomic E-state index is 14.2. The van der Waals surface area contributed by atoms with E-state index in [2.05, 4.69) is 15.5 Å². The zero-order chi connectivity index (χ0) is 29.9. The van der Waals surface area contributed by atoms with Crippen molar-refractivity contribution in [2.24, 2.45) is 5.92 Å². The standard InChI is InChI=1S/C32H33FN6O4/c1-37(18-22-7-8-22)25-15-26(38-14-13-34-17-27(38)40)30-36-28(31(41)35-16-21-9-11-24(33)12-10-21)29(32(42)39(30)19-25)43-20-23-5-3-2-4-6-23/h2-6,9-12,15,19,22,34H,7-8,13-14,16-18,20H2,1H3,(H,35,41). The molecule has 2 amide bonds. The minimum absolute atomic E-state index is 0.0481. The molecule has 222 valence electrons. The van der Waals surface area contributed by atoms with Crippen molar-refractivity contribution in [3.8, 4) is 5.75 Å². The number of carbonyl (C=O) groups excluding carboxylic acids is 2. The molecule has 0 bridgehead atoms. The molecule has 4 aromatic rings. The first-order valence-electron chi connectivity index (χ1n) is 14.4. The van der Waals surface area contributed by atoms with Crippen LogP contribution in [-0.2, 0) is 17.9 Å². The van der Waals surface area contributed by atoms with Crippen LogP contribution in [0.1, 0.15) is 34.5 Å². The van der Waals surface area contributed by atoms with Gasteiger partial charge in [-0.25, -0.2) is 9.37 Å². The summed E-state index contributed by atoms with van der Waals surface area (Å²) in [7, 11) is 1.96. The Bertz CT molecular complexity index is 1710. The third kappa shape index (κ3) is 6.36. The van der Waals surface area contributed by atoms with E-state index in [0.29, 0.717) is 30.3 Å². The number of hydrogen-bond acceptors (Lipinski definition) is 7. The van der Waals surface area contributed by atoms with Crippen molar-refractivity contribution in [1.82, 2.24) is 20.0 Å². The van der Waals surface area contributed by atoms with Gasteiger partial charge in [-0.1, -0.05) is 42.5 Å². The number of fused-ring (bicyclic) bond motifs is 1. The lowest BCUT2D eigenvalue weighted by Gasteiger charge is -2.30. The average molecular weight is 585 g/mol. The quantitative estimate of drug-likeness (QED) is 0.295. The molecule has 2 aromatic carbocycles. The van der Waals surface area contributed by atoms with Crippen molar-refractivity contribution < 1.29 is 18.7 Å². The normalized spacial score (nSPS) is 15.0. The summed E-state index contributed by atoms with van der Waals surface area (Å²) < 4.78 is 20.8. The van der Waals surface area contributed by atoms with E-state index in [1.807, 2.05) is 43.4 Å². The van der Waals surface area contributed by atoms with Crippen molar-refractivity contribution >= 4 is 28.8 Å². The summed E-state index contributed by atoms with van der Waals surface area (Å²) in [6, 6.07) is 16.9. The van der Waals surface area contributed by atoms with Crippen LogP contribution in [-0.4, -0.2) is 54.4 Å². The van der Waals surface area contributed by atoms with Gasteiger partial charge in [-0.3, -0.25) is 18.8 Å². The molecule has 1 aliphatic carbocycles. The van der Waals surface area contributed by atoms with Gasteiger partial charge in [0.15, 0.2) is 11.3 Å². The summed E-state index contributed by atoms with van der Waals surface area (Å²) >= 11 is 0. The second-order valence-corrected chi connectivity index (χ2v) is 11.0. The Labute approximate surface area is 248 Å². The van der Waals surface area contributed by atoms with Gasteiger partial charge in [0, 0.05) is 39.4 Å². The molecule has 10 nitrogen and oxygen atoms in total. The molecule has 2 aromatic heterocycles. The van der Waals surface area contributed by atoms with Crippen LogP contribution in [0.3, 0.4) is 0 Å². The molecule has 2 aliphatic rings. The number of piperazine rings is 1. The lowest BCUT2D eigenvalue weighted by molar-refractivity contribution is -0.118. The van der Waals surface area contributed by atoms with E-state index in [4.69, 9.17) is 9.72 Å². The molecule has 1 aliphatic heterocycles. The summed E-state index contributed by atoms with van der Waals surface area (Å²) in [4.78, 5) is 49.1. The predicted octanol–water partition coefficient (Wildman–Crippen LogP) is 3.13. The van der Waals surface area contributed by atoms with Gasteiger partial charge in [0.1, 0.15) is 12.4 Å². The molecule has 1 saturated carbocycles. The zero-order valence-corrected chi connectivity index (χ0v) is 23.9. The van der Waals surface area contributed by atoms with Crippen molar-refractivity contribution in [3.63, 3.8) is 0 Å². The van der Waals surface area contributed by atoms with Gasteiger partial charge in [0.05, 0.1) is 17.9 Å². The Morgan fingerprint density at radius 1 is 1.12 bits per heavy atom. The van der Waals surface area contributed by atoms with Crippen LogP contribution in [0.4, 0.5) is 15.8 Å². The Balaban J connectivity index is 1.45. The molecule has 0 radical (unpaired) electrons. The lowest BCUT2D eigenvalue weighted by atomic mass is 10.2. The summed E-state index contributed by atoms with van der Waals surface area (Å²) in [5.74, 6) is -0.766. The highest BCUT2D eigenvalue weighted by molar-refractivity contribution is 6.00. The van der Waals surface area contributed by atoms with Crippen molar-refractivity contribution in [3.05, 3.63) is 99.9 Å². The Kier molecular flexibility index (Phi) is 8.06. The monoisotopic (exact) mass is 584 g/mol. The number of rotatable bonds is 10. The van der Waals surface area contributed by atoms with Crippen molar-refractivity contribution in [2.75, 3.05) is 43.0 Å². The molecule has 11 heteroatoms. The van der Waals surface area contributed by atoms with Gasteiger partial charge in [-0.15, -0.1) is 0 Å². The number of nitrogens with zero attached hydrogens (tertiary/aromatic N) is 4. The molecule has 0 atom stereocenters. The molecule has 6 rings (SSSR count). The topological polar surface area (TPSA) is 108 Å². The first-order valence-corrected chi connectivity index (χ1v) is 14.4. The number of halogens is 1. The molecular formula is C32H33FN6O4. The summed E-state index contributed by atoms with van der Waals surface area (Å²) in [5.41, 5.74) is 2.13. The maximum Gasteiger partial charge on any atom is 0.301 e. The second-order valence-electron chi connectivity index (χ2n) is 11.0. The van der Waals surface area contributed by atoms with Crippen LogP contribution in [0, 0.1) is 11.7 Å². The van der Waals surface area contributed by atoms with Gasteiger partial charge < -0.3 is 25.2 Å². The van der Waals surface area contributed by atoms with Crippen LogP contribution in [0.15, 0.2) is 71.7 Å². The van der Waals surface area contributed by atoms with E-state index in [1.165, 1.54) is 16.5 Å². The highest BCUT2D eigenvalue weighted by Crippen LogP contribution is 2.33. The second kappa shape index (κ2) is 12.2. The Morgan fingerprint density at radius 2 is 1.88 bits per heavy atom. The summed E-state index contributed by atoms with van der Waals surface area (Å²) in [5, 5.41) is 5.85. The molecule has 0 unspecified atom stereocenters. The van der Waals surface area contributed by atoms with Gasteiger partial charge >= 0.3 is 5.56 Å². The number of benzene rings is 2. The van der Waals surface area contributed by atoms with Crippen LogP contribution in [0.5, 0.6) is 5.75 Å². The number of aromatic nitrogens is 2. The van der Waals surface area contributed by atoms with E-state index in [1.54, 1.807) is 23.2 Å². The molecular weight excluding hydrogens is 551 g/mol. The number of pyridine rings is 1. The van der Waals surface area contributed by atoms with Crippen molar-refractivity contribution in [2.45, 2.75) is 26.0 Å². The third-order valence-corrected chi connectivity index (χ3v) is 7.71. The van der Waals surface area contributed by atoms with Gasteiger partial charge in [-0.05, 0) is 48.1 Å². The number of anilines is 2. The van der Waals surface area contributed by atoms with E-state index in [0.717, 1.165) is 30.6 Å². The van der Waals surface area contributed by atoms with Crippen LogP contribution >= 0.6 is 0 Å². The van der Waals surface area contributed by atoms with E-state index in [9.17, 15) is 18.8 Å². The predicted molar refractivity (Wildman–Crippen MR) is 161 cm³/mol. The fourth-order valence-electron chi connectivity index (χ4n) is 5.14. The minimum Gasteiger partial charge on any atom is -0.481 e. The average Bonchev–Trinajstić information content (AvgIpc) is 3.84. The molecule has 0 spiro atoms. The number of hydrogen-bond donors (Lipinski definition) is 2. The summed E-state index contributed by atoms with van der Waals surface area (Å²) in [6.45, 7) is 2.08. The lowest BCUT2D eigenvalue weighted by Crippen LogP contribution is -2.48. The van der Waals surface area contributed by atoms with Crippen LogP contribution in [0.25, 0.3) is 5.65 Å². The maximum atomic E-state index is 14.2. The van der Waals surface area contributed by atoms with E-state index >= 15 is 0 Å². The number of carbonyl (C=O) groups is 2. The molecule has 43 heavy (non-hydrogen) atoms. The first kappa shape index (κ1) is 28.4. The van der Waals surface area contributed by atoms with Crippen LogP contribution < -0.4 is 30.7 Å². The number of ether oxygens (including phenoxy) is 1. The smallest absolute Gasteiger partial charge is 0.301 e. The Hall–Kier alpha value is -4.77. The minimum atomic E-state index is -0.625. The largest absolute Gasteiger partial charge is 0.481 e. The van der Waals surface area contributed by atoms with Crippen molar-refractivity contribution in [1.29, 1.82) is 0 Å². The number of nitrogens with one attached hydrogen (secondary N) is 2. The fourth-order valence-corrected chi connectivity index (χ4v) is 5.14. The molecule has 2 N–H and O–H groups in total. The molecule has 3 heterocycles. The molecule has 2 fully saturated rings. The Morgan fingerprint density at radius 3 is 2.60 bits per heavy atom. The molecule has 1 saturated heterocycles. The SMILES string of the molecule is CN(CC1CC1)c1cc(N2CCNCC2=O)c2nc(C(=O)NCc3ccc(F)cc3)c(OCc3ccccc3)c(=O)n2c1. The highest BCUT2D eigenvalue weighted by Gasteiger charge is 2.29.